The van der Waals surface area contributed by atoms with Crippen LogP contribution in [-0.2, 0) is 23.0 Å². The van der Waals surface area contributed by atoms with E-state index in [0.717, 1.165) is 23.1 Å². The molecule has 45 heavy (non-hydrogen) atoms. The molecule has 1 N–H and O–H groups in total. The first-order chi connectivity index (χ1) is 21.8. The summed E-state index contributed by atoms with van der Waals surface area (Å²) in [5, 5.41) is 0. The van der Waals surface area contributed by atoms with Gasteiger partial charge in [0.2, 0.25) is 0 Å². The van der Waals surface area contributed by atoms with E-state index in [1.807, 2.05) is 61.5 Å². The summed E-state index contributed by atoms with van der Waals surface area (Å²) in [6.07, 6.45) is 0.397. The summed E-state index contributed by atoms with van der Waals surface area (Å²) in [4.78, 5) is 18.5. The van der Waals surface area contributed by atoms with E-state index in [1.165, 1.54) is 11.6 Å². The molecule has 1 aliphatic heterocycles. The van der Waals surface area contributed by atoms with Gasteiger partial charge in [0.05, 0.1) is 23.3 Å². The van der Waals surface area contributed by atoms with Gasteiger partial charge in [-0.3, -0.25) is 14.4 Å². The van der Waals surface area contributed by atoms with Crippen LogP contribution in [0.4, 0.5) is 17.1 Å². The number of nitrogens with one attached hydrogen (secondary N) is 1. The molecule has 0 saturated heterocycles. The molecular formula is C37H35N3O4S. The first-order valence-electron chi connectivity index (χ1n) is 14.9. The van der Waals surface area contributed by atoms with Crippen molar-refractivity contribution in [2.24, 2.45) is 0 Å². The van der Waals surface area contributed by atoms with Crippen LogP contribution in [0.5, 0.6) is 5.75 Å². The Balaban J connectivity index is 1.51. The fraction of sp³-hybridized carbons (Fsp3) is 0.162. The zero-order chi connectivity index (χ0) is 31.6. The van der Waals surface area contributed by atoms with E-state index in [2.05, 4.69) is 52.9 Å². The Morgan fingerprint density at radius 1 is 0.800 bits per heavy atom. The van der Waals surface area contributed by atoms with Gasteiger partial charge in [-0.2, -0.15) is 0 Å². The molecule has 0 unspecified atom stereocenters. The molecular weight excluding hydrogens is 582 g/mol. The van der Waals surface area contributed by atoms with Crippen molar-refractivity contribution in [3.63, 3.8) is 0 Å². The minimum Gasteiger partial charge on any atom is -0.497 e. The Morgan fingerprint density at radius 2 is 1.49 bits per heavy atom. The molecule has 5 aromatic carbocycles. The van der Waals surface area contributed by atoms with Crippen molar-refractivity contribution in [1.29, 1.82) is 0 Å². The maximum Gasteiger partial charge on any atom is 0.262 e. The van der Waals surface area contributed by atoms with Crippen molar-refractivity contribution in [2.75, 3.05) is 21.6 Å². The van der Waals surface area contributed by atoms with Crippen molar-refractivity contribution < 1.29 is 17.9 Å². The van der Waals surface area contributed by atoms with E-state index < -0.39 is 16.2 Å². The third kappa shape index (κ3) is 6.14. The molecule has 7 nitrogen and oxygen atoms in total. The van der Waals surface area contributed by atoms with Gasteiger partial charge in [0.25, 0.3) is 15.9 Å². The number of anilines is 3. The molecule has 1 aliphatic rings. The third-order valence-electron chi connectivity index (χ3n) is 8.11. The lowest BCUT2D eigenvalue weighted by molar-refractivity contribution is 0.0968. The second-order valence-electron chi connectivity index (χ2n) is 11.1. The van der Waals surface area contributed by atoms with Crippen molar-refractivity contribution >= 4 is 33.0 Å². The molecule has 228 valence electrons. The number of nitrogens with zero attached hydrogens (tertiary/aromatic N) is 2. The highest BCUT2D eigenvalue weighted by Crippen LogP contribution is 2.43. The van der Waals surface area contributed by atoms with Gasteiger partial charge in [-0.15, -0.1) is 0 Å². The Bertz CT molecular complexity index is 1910. The molecule has 0 radical (unpaired) electrons. The van der Waals surface area contributed by atoms with Crippen molar-refractivity contribution in [3.8, 4) is 5.75 Å². The summed E-state index contributed by atoms with van der Waals surface area (Å²) >= 11 is 0. The largest absolute Gasteiger partial charge is 0.497 e. The molecule has 6 rings (SSSR count). The SMILES string of the molecule is CCc1ccc([C@H]2N(Cc3ccccc3)c3ccc(S(=O)(=O)Nc4ccc(C)cc4)cc3C(=O)N2c2ccc(OC)cc2)cc1. The molecule has 0 saturated carbocycles. The molecule has 0 aliphatic carbocycles. The first kappa shape index (κ1) is 30.0. The number of methoxy groups -OCH3 is 1. The van der Waals surface area contributed by atoms with Gasteiger partial charge in [-0.25, -0.2) is 8.42 Å². The number of hydrogen-bond donors (Lipinski definition) is 1. The Morgan fingerprint density at radius 3 is 2.13 bits per heavy atom. The second kappa shape index (κ2) is 12.5. The fourth-order valence-electron chi connectivity index (χ4n) is 5.66. The van der Waals surface area contributed by atoms with E-state index in [0.29, 0.717) is 34.9 Å². The minimum absolute atomic E-state index is 0.00951. The number of aryl methyl sites for hydroxylation is 2. The van der Waals surface area contributed by atoms with Crippen LogP contribution in [0.15, 0.2) is 126 Å². The maximum absolute atomic E-state index is 14.6. The molecule has 0 bridgehead atoms. The van der Waals surface area contributed by atoms with Crippen molar-refractivity contribution in [1.82, 2.24) is 0 Å². The summed E-state index contributed by atoms with van der Waals surface area (Å²) in [6, 6.07) is 37.7. The van der Waals surface area contributed by atoms with Gasteiger partial charge in [-0.1, -0.05) is 79.2 Å². The molecule has 0 aromatic heterocycles. The predicted molar refractivity (Wildman–Crippen MR) is 179 cm³/mol. The average molecular weight is 618 g/mol. The summed E-state index contributed by atoms with van der Waals surface area (Å²) < 4.78 is 35.2. The van der Waals surface area contributed by atoms with Crippen molar-refractivity contribution in [3.05, 3.63) is 149 Å². The van der Waals surface area contributed by atoms with Crippen LogP contribution in [0, 0.1) is 6.92 Å². The zero-order valence-corrected chi connectivity index (χ0v) is 26.3. The molecule has 0 spiro atoms. The quantitative estimate of drug-likeness (QED) is 0.183. The summed E-state index contributed by atoms with van der Waals surface area (Å²) in [7, 11) is -2.38. The van der Waals surface area contributed by atoms with Gasteiger partial charge in [0.15, 0.2) is 0 Å². The summed E-state index contributed by atoms with van der Waals surface area (Å²) in [6.45, 7) is 4.54. The fourth-order valence-corrected chi connectivity index (χ4v) is 6.74. The number of hydrogen-bond acceptors (Lipinski definition) is 5. The van der Waals surface area contributed by atoms with Gasteiger partial charge < -0.3 is 9.64 Å². The highest BCUT2D eigenvalue weighted by Gasteiger charge is 2.40. The minimum atomic E-state index is -3.98. The molecule has 5 aromatic rings. The van der Waals surface area contributed by atoms with Crippen LogP contribution in [-0.4, -0.2) is 21.4 Å². The van der Waals surface area contributed by atoms with E-state index in [1.54, 1.807) is 36.3 Å². The number of carbonyl (C=O) groups excluding carboxylic acids is 1. The van der Waals surface area contributed by atoms with Gasteiger partial charge in [0.1, 0.15) is 11.9 Å². The lowest BCUT2D eigenvalue weighted by Crippen LogP contribution is -2.49. The van der Waals surface area contributed by atoms with Crippen LogP contribution in [0.1, 0.15) is 45.7 Å². The number of fused-ring (bicyclic) bond motifs is 1. The van der Waals surface area contributed by atoms with E-state index in [4.69, 9.17) is 4.74 Å². The van der Waals surface area contributed by atoms with Crippen LogP contribution >= 0.6 is 0 Å². The summed E-state index contributed by atoms with van der Waals surface area (Å²) in [5.41, 5.74) is 6.29. The predicted octanol–water partition coefficient (Wildman–Crippen LogP) is 7.73. The van der Waals surface area contributed by atoms with Gasteiger partial charge in [0, 0.05) is 17.9 Å². The standard InChI is InChI=1S/C37H35N3O4S/c1-4-27-12-14-29(15-13-27)36-39(25-28-8-6-5-7-9-28)35-23-22-33(45(42,43)38-30-16-10-26(2)11-17-30)24-34(35)37(41)40(36)31-18-20-32(44-3)21-19-31/h5-24,36,38H,4,25H2,1-3H3/t36-/m0/s1. The Labute approximate surface area is 264 Å². The van der Waals surface area contributed by atoms with Crippen molar-refractivity contribution in [2.45, 2.75) is 37.9 Å². The normalized spacial score (nSPS) is 14.6. The number of ether oxygens (including phenoxy) is 1. The Hall–Kier alpha value is -5.08. The number of amides is 1. The maximum atomic E-state index is 14.6. The highest BCUT2D eigenvalue weighted by atomic mass is 32.2. The average Bonchev–Trinajstić information content (AvgIpc) is 3.07. The smallest absolute Gasteiger partial charge is 0.262 e. The number of rotatable bonds is 9. The first-order valence-corrected chi connectivity index (χ1v) is 16.4. The van der Waals surface area contributed by atoms with Gasteiger partial charge in [-0.05, 0) is 84.6 Å². The highest BCUT2D eigenvalue weighted by molar-refractivity contribution is 7.92. The Kier molecular flexibility index (Phi) is 8.32. The van der Waals surface area contributed by atoms with Gasteiger partial charge >= 0.3 is 0 Å². The lowest BCUT2D eigenvalue weighted by Gasteiger charge is -2.46. The monoisotopic (exact) mass is 617 g/mol. The summed E-state index contributed by atoms with van der Waals surface area (Å²) in [5.74, 6) is 0.376. The zero-order valence-electron chi connectivity index (χ0n) is 25.5. The second-order valence-corrected chi connectivity index (χ2v) is 12.8. The van der Waals surface area contributed by atoms with Crippen LogP contribution in [0.3, 0.4) is 0 Å². The topological polar surface area (TPSA) is 79.0 Å². The number of sulfonamides is 1. The molecule has 1 heterocycles. The van der Waals surface area contributed by atoms with E-state index >= 15 is 0 Å². The van der Waals surface area contributed by atoms with Crippen LogP contribution < -0.4 is 19.3 Å². The molecule has 1 atom stereocenters. The van der Waals surface area contributed by atoms with Crippen LogP contribution in [0.25, 0.3) is 0 Å². The third-order valence-corrected chi connectivity index (χ3v) is 9.49. The molecule has 8 heteroatoms. The molecule has 1 amide bonds. The van der Waals surface area contributed by atoms with E-state index in [-0.39, 0.29) is 10.8 Å². The lowest BCUT2D eigenvalue weighted by atomic mass is 9.98. The van der Waals surface area contributed by atoms with E-state index in [9.17, 15) is 13.2 Å². The number of benzene rings is 5. The number of carbonyl (C=O) groups is 1. The van der Waals surface area contributed by atoms with Crippen LogP contribution in [0.2, 0.25) is 0 Å². The molecule has 0 fully saturated rings.